The third-order valence-electron chi connectivity index (χ3n) is 3.39. The first-order chi connectivity index (χ1) is 10.8. The smallest absolute Gasteiger partial charge is 0.276 e. The number of pyridine rings is 1. The van der Waals surface area contributed by atoms with Crippen molar-refractivity contribution in [3.8, 4) is 0 Å². The fourth-order valence-corrected chi connectivity index (χ4v) is 2.26. The van der Waals surface area contributed by atoms with E-state index in [1.807, 2.05) is 67.6 Å². The van der Waals surface area contributed by atoms with Gasteiger partial charge in [-0.3, -0.25) is 14.7 Å². The van der Waals surface area contributed by atoms with Gasteiger partial charge in [0.05, 0.1) is 0 Å². The first-order valence-corrected chi connectivity index (χ1v) is 7.13. The topological polar surface area (TPSA) is 33.2 Å². The van der Waals surface area contributed by atoms with E-state index in [4.69, 9.17) is 0 Å². The quantitative estimate of drug-likeness (QED) is 0.717. The summed E-state index contributed by atoms with van der Waals surface area (Å²) in [6, 6.07) is 22.8. The Morgan fingerprint density at radius 1 is 0.818 bits per heavy atom. The van der Waals surface area contributed by atoms with Gasteiger partial charge in [0.1, 0.15) is 5.69 Å². The molecule has 3 aromatic rings. The van der Waals surface area contributed by atoms with E-state index in [2.05, 4.69) is 4.98 Å². The van der Waals surface area contributed by atoms with Gasteiger partial charge in [-0.05, 0) is 43.3 Å². The number of benzene rings is 2. The summed E-state index contributed by atoms with van der Waals surface area (Å²) in [6.07, 6.45) is 1.63. The Hall–Kier alpha value is -2.94. The molecule has 0 fully saturated rings. The van der Waals surface area contributed by atoms with Crippen LogP contribution in [0, 0.1) is 6.92 Å². The summed E-state index contributed by atoms with van der Waals surface area (Å²) in [5.74, 6) is -0.143. The van der Waals surface area contributed by atoms with Gasteiger partial charge in [0.2, 0.25) is 0 Å². The lowest BCUT2D eigenvalue weighted by atomic mass is 10.1. The number of carbonyl (C=O) groups is 1. The minimum atomic E-state index is -0.143. The molecule has 0 unspecified atom stereocenters. The van der Waals surface area contributed by atoms with Crippen LogP contribution in [-0.2, 0) is 0 Å². The summed E-state index contributed by atoms with van der Waals surface area (Å²) >= 11 is 0. The summed E-state index contributed by atoms with van der Waals surface area (Å²) in [5, 5.41) is 0. The average Bonchev–Trinajstić information content (AvgIpc) is 2.58. The molecule has 0 bridgehead atoms. The lowest BCUT2D eigenvalue weighted by Crippen LogP contribution is -2.26. The molecule has 0 aliphatic heterocycles. The number of carbonyl (C=O) groups excluding carboxylic acids is 1. The van der Waals surface area contributed by atoms with Crippen LogP contribution in [0.2, 0.25) is 0 Å². The van der Waals surface area contributed by atoms with E-state index in [0.717, 1.165) is 16.9 Å². The van der Waals surface area contributed by atoms with Crippen molar-refractivity contribution >= 4 is 17.3 Å². The minimum Gasteiger partial charge on any atom is -0.276 e. The molecule has 0 aliphatic carbocycles. The zero-order valence-electron chi connectivity index (χ0n) is 12.3. The van der Waals surface area contributed by atoms with Gasteiger partial charge >= 0.3 is 0 Å². The van der Waals surface area contributed by atoms with E-state index >= 15 is 0 Å². The standard InChI is InChI=1S/C19H16N2O/c1-15-10-12-17(13-11-15)21(16-7-3-2-4-8-16)19(22)18-9-5-6-14-20-18/h2-14H,1H3. The lowest BCUT2D eigenvalue weighted by molar-refractivity contribution is 0.0994. The van der Waals surface area contributed by atoms with Crippen LogP contribution in [0.15, 0.2) is 79.0 Å². The maximum Gasteiger partial charge on any atom is 0.281 e. The van der Waals surface area contributed by atoms with E-state index in [1.165, 1.54) is 0 Å². The molecule has 1 heterocycles. The number of hydrogen-bond donors (Lipinski definition) is 0. The number of aryl methyl sites for hydroxylation is 1. The molecule has 0 aliphatic rings. The van der Waals surface area contributed by atoms with Crippen LogP contribution in [0.5, 0.6) is 0 Å². The number of anilines is 2. The number of nitrogens with zero attached hydrogens (tertiary/aromatic N) is 2. The highest BCUT2D eigenvalue weighted by atomic mass is 16.2. The highest BCUT2D eigenvalue weighted by Gasteiger charge is 2.20. The van der Waals surface area contributed by atoms with Crippen molar-refractivity contribution < 1.29 is 4.79 Å². The summed E-state index contributed by atoms with van der Waals surface area (Å²) in [4.78, 5) is 18.8. The molecule has 0 saturated carbocycles. The molecule has 2 aromatic carbocycles. The molecule has 22 heavy (non-hydrogen) atoms. The predicted octanol–water partition coefficient (Wildman–Crippen LogP) is 4.37. The summed E-state index contributed by atoms with van der Waals surface area (Å²) in [6.45, 7) is 2.03. The number of amides is 1. The van der Waals surface area contributed by atoms with Crippen LogP contribution < -0.4 is 4.90 Å². The van der Waals surface area contributed by atoms with Gasteiger partial charge in [-0.25, -0.2) is 0 Å². The van der Waals surface area contributed by atoms with Gasteiger partial charge in [0.15, 0.2) is 0 Å². The monoisotopic (exact) mass is 288 g/mol. The van der Waals surface area contributed by atoms with Gasteiger partial charge < -0.3 is 0 Å². The zero-order chi connectivity index (χ0) is 15.4. The van der Waals surface area contributed by atoms with E-state index in [0.29, 0.717) is 5.69 Å². The first-order valence-electron chi connectivity index (χ1n) is 7.13. The second-order valence-corrected chi connectivity index (χ2v) is 5.03. The van der Waals surface area contributed by atoms with E-state index in [9.17, 15) is 4.79 Å². The molecule has 0 spiro atoms. The Morgan fingerprint density at radius 3 is 2.09 bits per heavy atom. The van der Waals surface area contributed by atoms with Crippen LogP contribution in [0.25, 0.3) is 0 Å². The molecule has 1 amide bonds. The molecule has 0 saturated heterocycles. The third kappa shape index (κ3) is 2.88. The second-order valence-electron chi connectivity index (χ2n) is 5.03. The van der Waals surface area contributed by atoms with Gasteiger partial charge in [-0.2, -0.15) is 0 Å². The molecule has 3 heteroatoms. The van der Waals surface area contributed by atoms with Crippen molar-refractivity contribution in [3.63, 3.8) is 0 Å². The van der Waals surface area contributed by atoms with Crippen LogP contribution in [0.4, 0.5) is 11.4 Å². The molecule has 0 radical (unpaired) electrons. The van der Waals surface area contributed by atoms with Gasteiger partial charge in [-0.15, -0.1) is 0 Å². The van der Waals surface area contributed by atoms with Crippen molar-refractivity contribution in [1.29, 1.82) is 0 Å². The van der Waals surface area contributed by atoms with Crippen molar-refractivity contribution in [2.75, 3.05) is 4.90 Å². The van der Waals surface area contributed by atoms with Crippen LogP contribution in [0.1, 0.15) is 16.1 Å². The van der Waals surface area contributed by atoms with Crippen LogP contribution in [0.3, 0.4) is 0 Å². The molecule has 108 valence electrons. The normalized spacial score (nSPS) is 10.2. The third-order valence-corrected chi connectivity index (χ3v) is 3.39. The Morgan fingerprint density at radius 2 is 1.45 bits per heavy atom. The van der Waals surface area contributed by atoms with Crippen molar-refractivity contribution in [2.45, 2.75) is 6.92 Å². The number of rotatable bonds is 3. The van der Waals surface area contributed by atoms with Gasteiger partial charge in [-0.1, -0.05) is 42.0 Å². The zero-order valence-corrected chi connectivity index (χ0v) is 12.3. The highest BCUT2D eigenvalue weighted by molar-refractivity contribution is 6.09. The molecule has 0 atom stereocenters. The Bertz CT molecular complexity index is 752. The Balaban J connectivity index is 2.07. The summed E-state index contributed by atoms with van der Waals surface area (Å²) in [7, 11) is 0. The maximum absolute atomic E-state index is 12.9. The first kappa shape index (κ1) is 14.0. The number of para-hydroxylation sites is 1. The van der Waals surface area contributed by atoms with Crippen molar-refractivity contribution in [3.05, 3.63) is 90.3 Å². The second kappa shape index (κ2) is 6.22. The lowest BCUT2D eigenvalue weighted by Gasteiger charge is -2.22. The van der Waals surface area contributed by atoms with Crippen molar-refractivity contribution in [1.82, 2.24) is 4.98 Å². The molecule has 1 aromatic heterocycles. The Labute approximate surface area is 129 Å². The van der Waals surface area contributed by atoms with Gasteiger partial charge in [0.25, 0.3) is 5.91 Å². The summed E-state index contributed by atoms with van der Waals surface area (Å²) in [5.41, 5.74) is 3.23. The SMILES string of the molecule is Cc1ccc(N(C(=O)c2ccccn2)c2ccccc2)cc1. The van der Waals surface area contributed by atoms with E-state index in [-0.39, 0.29) is 5.91 Å². The van der Waals surface area contributed by atoms with Crippen LogP contribution >= 0.6 is 0 Å². The molecule has 0 N–H and O–H groups in total. The minimum absolute atomic E-state index is 0.143. The highest BCUT2D eigenvalue weighted by Crippen LogP contribution is 2.27. The van der Waals surface area contributed by atoms with E-state index in [1.54, 1.807) is 23.2 Å². The molecular weight excluding hydrogens is 272 g/mol. The largest absolute Gasteiger partial charge is 0.281 e. The number of aromatic nitrogens is 1. The molecule has 3 nitrogen and oxygen atoms in total. The average molecular weight is 288 g/mol. The van der Waals surface area contributed by atoms with Gasteiger partial charge in [0, 0.05) is 17.6 Å². The summed E-state index contributed by atoms with van der Waals surface area (Å²) < 4.78 is 0. The number of hydrogen-bond acceptors (Lipinski definition) is 2. The van der Waals surface area contributed by atoms with Crippen LogP contribution in [-0.4, -0.2) is 10.9 Å². The van der Waals surface area contributed by atoms with E-state index < -0.39 is 0 Å². The molecule has 3 rings (SSSR count). The van der Waals surface area contributed by atoms with Crippen molar-refractivity contribution in [2.24, 2.45) is 0 Å². The molecular formula is C19H16N2O. The fraction of sp³-hybridized carbons (Fsp3) is 0.0526. The maximum atomic E-state index is 12.9. The fourth-order valence-electron chi connectivity index (χ4n) is 2.26. The predicted molar refractivity (Wildman–Crippen MR) is 88.3 cm³/mol. The Kier molecular flexibility index (Phi) is 3.97.